The zero-order valence-corrected chi connectivity index (χ0v) is 71.2. The number of piperazine rings is 1. The van der Waals surface area contributed by atoms with E-state index in [9.17, 15) is 0 Å². The minimum absolute atomic E-state index is 0.0544. The Morgan fingerprint density at radius 3 is 1.01 bits per heavy atom. The van der Waals surface area contributed by atoms with Crippen LogP contribution >= 0.6 is 0 Å². The van der Waals surface area contributed by atoms with Crippen LogP contribution in [0.2, 0.25) is 0 Å². The maximum Gasteiger partial charge on any atom is 0.240 e. The highest BCUT2D eigenvalue weighted by Gasteiger charge is 2.29. The number of aromatic nitrogens is 8. The molecule has 0 amide bonds. The van der Waals surface area contributed by atoms with Gasteiger partial charge in [0.25, 0.3) is 0 Å². The average molecular weight is 1640 g/mol. The lowest BCUT2D eigenvalue weighted by atomic mass is 10.0. The van der Waals surface area contributed by atoms with Gasteiger partial charge in [-0.1, -0.05) is 170 Å². The molecule has 638 valence electrons. The fourth-order valence-electron chi connectivity index (χ4n) is 17.6. The van der Waals surface area contributed by atoms with Crippen LogP contribution in [0.15, 0.2) is 218 Å². The molecule has 0 saturated carbocycles. The summed E-state index contributed by atoms with van der Waals surface area (Å²) in [6.07, 6.45) is 12.7. The second-order valence-electron chi connectivity index (χ2n) is 33.7. The third-order valence-corrected chi connectivity index (χ3v) is 24.6. The van der Waals surface area contributed by atoms with E-state index >= 15 is 0 Å². The number of morpholine rings is 1. The smallest absolute Gasteiger partial charge is 0.240 e. The van der Waals surface area contributed by atoms with E-state index in [2.05, 4.69) is 289 Å². The molecular formula is C97H123N23O2. The molecule has 19 rings (SSSR count). The van der Waals surface area contributed by atoms with Crippen molar-refractivity contribution in [2.75, 3.05) is 174 Å². The first kappa shape index (κ1) is 84.8. The Morgan fingerprint density at radius 1 is 0.328 bits per heavy atom. The van der Waals surface area contributed by atoms with Crippen LogP contribution < -0.4 is 42.3 Å². The van der Waals surface area contributed by atoms with E-state index < -0.39 is 0 Å². The quantitative estimate of drug-likeness (QED) is 0.0280. The molecule has 122 heavy (non-hydrogen) atoms. The molecule has 7 saturated heterocycles. The molecule has 1 atom stereocenters. The Bertz CT molecular complexity index is 5170. The van der Waals surface area contributed by atoms with Gasteiger partial charge in [0, 0.05) is 183 Å². The third-order valence-electron chi connectivity index (χ3n) is 24.6. The predicted molar refractivity (Wildman–Crippen MR) is 497 cm³/mol. The van der Waals surface area contributed by atoms with Crippen LogP contribution in [0.1, 0.15) is 99.8 Å². The highest BCUT2D eigenvalue weighted by molar-refractivity contribution is 5.93. The van der Waals surface area contributed by atoms with Crippen LogP contribution in [0.25, 0.3) is 43.6 Å². The molecule has 8 aromatic carbocycles. The van der Waals surface area contributed by atoms with Crippen molar-refractivity contribution in [1.82, 2.24) is 74.4 Å². The number of likely N-dealkylation sites (N-methyl/N-ethyl adjacent to an activating group) is 1. The van der Waals surface area contributed by atoms with Crippen molar-refractivity contribution in [2.24, 2.45) is 0 Å². The first-order valence-electron chi connectivity index (χ1n) is 44.7. The van der Waals surface area contributed by atoms with Crippen molar-refractivity contribution in [3.8, 4) is 0 Å². The topological polar surface area (TPSA) is 243 Å². The molecule has 11 heterocycles. The SMILES string of the molecule is CC1CCCCN1c1nc(NC2CCN(Cc3ccccc3)CC2)c2ccccc2n1.CN1CCN(Nc2nc(NC3CCN(Cc4ccccc4)CC3)c3ccccc3n2)CC1.OCCNc1nc(NC2CCN(Cc3ccccc3)CC2)c2ccccc2n1.c1ccc(CN2CCC(Nc3nc(NN4CCOCC4)nc4ccccc34)CC2)cc1. The number of aliphatic hydroxyl groups excluding tert-OH is 1. The fraction of sp³-hybridized carbons (Fsp3) is 0.423. The number of rotatable bonds is 24. The van der Waals surface area contributed by atoms with Gasteiger partial charge in [0.1, 0.15) is 23.3 Å². The Kier molecular flexibility index (Phi) is 30.1. The maximum absolute atomic E-state index is 9.06. The van der Waals surface area contributed by atoms with Crippen molar-refractivity contribution in [2.45, 2.75) is 134 Å². The number of nitrogens with one attached hydrogen (secondary N) is 7. The minimum Gasteiger partial charge on any atom is -0.395 e. The number of likely N-dealkylation sites (tertiary alicyclic amines) is 4. The number of hydrogen-bond acceptors (Lipinski definition) is 25. The number of hydrogen-bond donors (Lipinski definition) is 8. The molecule has 1 unspecified atom stereocenters. The summed E-state index contributed by atoms with van der Waals surface area (Å²) in [5.74, 6) is 6.48. The van der Waals surface area contributed by atoms with E-state index in [0.29, 0.717) is 54.6 Å². The van der Waals surface area contributed by atoms with Gasteiger partial charge in [0.05, 0.1) is 41.9 Å². The summed E-state index contributed by atoms with van der Waals surface area (Å²) in [5, 5.41) is 35.7. The molecule has 4 aromatic heterocycles. The number of benzene rings is 8. The summed E-state index contributed by atoms with van der Waals surface area (Å²) in [4.78, 5) is 53.3. The van der Waals surface area contributed by atoms with E-state index in [1.807, 2.05) is 30.3 Å². The van der Waals surface area contributed by atoms with Crippen molar-refractivity contribution in [1.29, 1.82) is 0 Å². The van der Waals surface area contributed by atoms with E-state index in [-0.39, 0.29) is 6.61 Å². The Labute approximate surface area is 719 Å². The zero-order valence-electron chi connectivity index (χ0n) is 71.2. The van der Waals surface area contributed by atoms with Crippen molar-refractivity contribution in [3.63, 3.8) is 0 Å². The summed E-state index contributed by atoms with van der Waals surface area (Å²) in [6.45, 7) is 23.9. The second kappa shape index (κ2) is 43.3. The molecule has 25 heteroatoms. The fourth-order valence-corrected chi connectivity index (χ4v) is 17.6. The van der Waals surface area contributed by atoms with Gasteiger partial charge in [0.2, 0.25) is 23.8 Å². The van der Waals surface area contributed by atoms with Crippen LogP contribution in [-0.4, -0.2) is 241 Å². The van der Waals surface area contributed by atoms with Crippen molar-refractivity contribution >= 4 is 90.7 Å². The number of fused-ring (bicyclic) bond motifs is 4. The van der Waals surface area contributed by atoms with Gasteiger partial charge in [-0.3, -0.25) is 30.5 Å². The largest absolute Gasteiger partial charge is 0.395 e. The van der Waals surface area contributed by atoms with E-state index in [0.717, 1.165) is 262 Å². The lowest BCUT2D eigenvalue weighted by molar-refractivity contribution is 0.0493. The van der Waals surface area contributed by atoms with Gasteiger partial charge in [-0.25, -0.2) is 30.0 Å². The van der Waals surface area contributed by atoms with E-state index in [1.54, 1.807) is 0 Å². The molecule has 0 spiro atoms. The van der Waals surface area contributed by atoms with Gasteiger partial charge in [-0.05, 0) is 155 Å². The van der Waals surface area contributed by atoms with Crippen LogP contribution in [0.3, 0.4) is 0 Å². The molecule has 7 aliphatic rings. The summed E-state index contributed by atoms with van der Waals surface area (Å²) >= 11 is 0. The number of nitrogens with zero attached hydrogens (tertiary/aromatic N) is 16. The van der Waals surface area contributed by atoms with Crippen molar-refractivity contribution in [3.05, 3.63) is 241 Å². The average Bonchev–Trinajstić information content (AvgIpc) is 0.803. The highest BCUT2D eigenvalue weighted by atomic mass is 16.5. The summed E-state index contributed by atoms with van der Waals surface area (Å²) in [5.41, 5.74) is 16.2. The lowest BCUT2D eigenvalue weighted by Gasteiger charge is -2.35. The predicted octanol–water partition coefficient (Wildman–Crippen LogP) is 14.8. The monoisotopic (exact) mass is 1640 g/mol. The van der Waals surface area contributed by atoms with Gasteiger partial charge < -0.3 is 46.2 Å². The van der Waals surface area contributed by atoms with Crippen LogP contribution in [0.5, 0.6) is 0 Å². The number of anilines is 8. The molecule has 0 radical (unpaired) electrons. The van der Waals surface area contributed by atoms with Gasteiger partial charge in [-0.15, -0.1) is 0 Å². The first-order chi connectivity index (χ1) is 60.1. The van der Waals surface area contributed by atoms with Crippen LogP contribution in [0.4, 0.5) is 47.1 Å². The van der Waals surface area contributed by atoms with E-state index in [1.165, 1.54) is 41.5 Å². The van der Waals surface area contributed by atoms with Crippen LogP contribution in [0, 0.1) is 0 Å². The number of hydrazine groups is 2. The maximum atomic E-state index is 9.06. The molecule has 0 bridgehead atoms. The summed E-state index contributed by atoms with van der Waals surface area (Å²) in [7, 11) is 2.16. The second-order valence-corrected chi connectivity index (χ2v) is 33.7. The molecule has 7 aliphatic heterocycles. The Morgan fingerprint density at radius 2 is 0.648 bits per heavy atom. The summed E-state index contributed by atoms with van der Waals surface area (Å²) in [6, 6.07) is 78.1. The molecule has 12 aromatic rings. The van der Waals surface area contributed by atoms with E-state index in [4.69, 9.17) is 39.7 Å². The van der Waals surface area contributed by atoms with Gasteiger partial charge in [-0.2, -0.15) is 19.9 Å². The Hall–Kier alpha value is -10.8. The Balaban J connectivity index is 0.000000121. The van der Waals surface area contributed by atoms with Crippen LogP contribution in [-0.2, 0) is 30.9 Å². The van der Waals surface area contributed by atoms with Gasteiger partial charge in [0.15, 0.2) is 0 Å². The number of aliphatic hydroxyl groups is 1. The van der Waals surface area contributed by atoms with Crippen molar-refractivity contribution < 1.29 is 9.84 Å². The standard InChI is InChI=1S/C26H33N5.C25H33N7.C24H30N6O.C22H27N5O/c1-20-9-7-8-16-31(20)26-28-24-13-6-5-12-23(24)25(29-26)27-22-14-17-30(18-15-22)19-21-10-3-2-4-11-21;1-30-15-17-32(18-16-30)29-25-27-23-10-6-5-9-22(23)24(28-25)26-21-11-13-31(14-12-21)19-20-7-3-2-4-8-20;1-2-6-19(7-3-1)18-29-12-10-20(11-13-29)25-23-21-8-4-5-9-22(21)26-24(27-23)28-30-14-16-31-17-15-30;28-15-12-23-22-25-20-9-5-4-8-19(20)21(26-22)24-18-10-13-27(14-11-18)16-17-6-2-1-3-7-17/h2-6,10-13,20,22H,7-9,14-19H2,1H3,(H,27,28,29);2-10,21H,11-19H2,1H3,(H2,26,27,28,29);1-9,20H,10-18H2,(H2,25,26,27,28);1-9,18,28H,10-16H2,(H2,23,24,25,26). The number of piperidine rings is 5. The normalized spacial score (nSPS) is 18.7. The molecule has 8 N–H and O–H groups in total. The number of ether oxygens (including phenoxy) is 1. The zero-order chi connectivity index (χ0) is 82.9. The third kappa shape index (κ3) is 24.1. The highest BCUT2D eigenvalue weighted by Crippen LogP contribution is 2.33. The summed E-state index contributed by atoms with van der Waals surface area (Å²) < 4.78 is 5.44. The van der Waals surface area contributed by atoms with Gasteiger partial charge >= 0.3 is 0 Å². The minimum atomic E-state index is 0.0544. The first-order valence-corrected chi connectivity index (χ1v) is 44.7. The molecular weight excluding hydrogens is 1520 g/mol. The molecule has 7 fully saturated rings. The number of para-hydroxylation sites is 4. The molecule has 25 nitrogen and oxygen atoms in total. The molecule has 0 aliphatic carbocycles. The lowest BCUT2D eigenvalue weighted by Crippen LogP contribution is -2.47.